The Bertz CT molecular complexity index is 315. The largest absolute Gasteiger partial charge is 0.326 e. The first-order valence-electron chi connectivity index (χ1n) is 5.11. The van der Waals surface area contributed by atoms with E-state index < -0.39 is 0 Å². The Morgan fingerprint density at radius 3 is 2.87 bits per heavy atom. The van der Waals surface area contributed by atoms with E-state index in [-0.39, 0.29) is 0 Å². The average Bonchev–Trinajstić information content (AvgIpc) is 2.20. The number of aromatic nitrogens is 1. The summed E-state index contributed by atoms with van der Waals surface area (Å²) in [5, 5.41) is 1.62. The zero-order valence-corrected chi connectivity index (χ0v) is 10.7. The molecule has 0 aromatic carbocycles. The van der Waals surface area contributed by atoms with Crippen LogP contribution in [0.5, 0.6) is 0 Å². The van der Waals surface area contributed by atoms with Crippen LogP contribution >= 0.6 is 23.4 Å². The van der Waals surface area contributed by atoms with Gasteiger partial charge in [-0.15, -0.1) is 11.8 Å². The van der Waals surface area contributed by atoms with E-state index in [1.165, 1.54) is 6.42 Å². The molecule has 0 amide bonds. The first kappa shape index (κ1) is 12.8. The minimum Gasteiger partial charge on any atom is -0.326 e. The molecule has 0 saturated heterocycles. The number of pyridine rings is 1. The molecule has 1 heterocycles. The van der Waals surface area contributed by atoms with E-state index in [1.807, 2.05) is 6.07 Å². The quantitative estimate of drug-likeness (QED) is 0.808. The highest BCUT2D eigenvalue weighted by molar-refractivity contribution is 7.99. The van der Waals surface area contributed by atoms with Crippen LogP contribution in [0.25, 0.3) is 0 Å². The van der Waals surface area contributed by atoms with Crippen LogP contribution in [0.1, 0.15) is 25.8 Å². The normalized spacial score (nSPS) is 11.0. The van der Waals surface area contributed by atoms with E-state index in [0.29, 0.717) is 17.5 Å². The highest BCUT2D eigenvalue weighted by Gasteiger charge is 2.06. The van der Waals surface area contributed by atoms with E-state index >= 15 is 0 Å². The van der Waals surface area contributed by atoms with E-state index in [9.17, 15) is 0 Å². The van der Waals surface area contributed by atoms with Gasteiger partial charge in [-0.25, -0.2) is 4.98 Å². The molecule has 0 atom stereocenters. The van der Waals surface area contributed by atoms with Crippen molar-refractivity contribution >= 4 is 23.4 Å². The summed E-state index contributed by atoms with van der Waals surface area (Å²) in [5.41, 5.74) is 6.55. The van der Waals surface area contributed by atoms with Crippen molar-refractivity contribution in [2.75, 3.05) is 5.75 Å². The predicted molar refractivity (Wildman–Crippen MR) is 67.3 cm³/mol. The lowest BCUT2D eigenvalue weighted by Gasteiger charge is -2.07. The molecule has 0 spiro atoms. The van der Waals surface area contributed by atoms with Gasteiger partial charge in [-0.05, 0) is 29.7 Å². The molecular weight excluding hydrogens is 228 g/mol. The third-order valence-corrected chi connectivity index (χ3v) is 3.65. The van der Waals surface area contributed by atoms with Crippen LogP contribution in [-0.4, -0.2) is 10.7 Å². The van der Waals surface area contributed by atoms with Crippen LogP contribution in [0.4, 0.5) is 0 Å². The van der Waals surface area contributed by atoms with Crippen LogP contribution in [0.2, 0.25) is 5.02 Å². The maximum absolute atomic E-state index is 6.16. The van der Waals surface area contributed by atoms with Crippen LogP contribution in [0.15, 0.2) is 17.3 Å². The molecule has 2 N–H and O–H groups in total. The summed E-state index contributed by atoms with van der Waals surface area (Å²) in [6, 6.07) is 1.87. The maximum atomic E-state index is 6.16. The van der Waals surface area contributed by atoms with Gasteiger partial charge < -0.3 is 5.73 Å². The van der Waals surface area contributed by atoms with Crippen molar-refractivity contribution in [1.82, 2.24) is 4.98 Å². The number of nitrogens with zero attached hydrogens (tertiary/aromatic N) is 1. The van der Waals surface area contributed by atoms with E-state index in [2.05, 4.69) is 18.8 Å². The zero-order valence-electron chi connectivity index (χ0n) is 9.16. The molecule has 0 aliphatic rings. The van der Waals surface area contributed by atoms with E-state index in [0.717, 1.165) is 16.3 Å². The fourth-order valence-corrected chi connectivity index (χ4v) is 2.64. The van der Waals surface area contributed by atoms with Gasteiger partial charge in [-0.1, -0.05) is 25.4 Å². The highest BCUT2D eigenvalue weighted by Crippen LogP contribution is 2.28. The number of halogens is 1. The van der Waals surface area contributed by atoms with Crippen LogP contribution in [0.3, 0.4) is 0 Å². The van der Waals surface area contributed by atoms with Gasteiger partial charge in [-0.3, -0.25) is 0 Å². The Hall–Kier alpha value is -0.250. The molecule has 2 nitrogen and oxygen atoms in total. The minimum atomic E-state index is 0.471. The molecule has 1 rings (SSSR count). The molecule has 0 aliphatic carbocycles. The molecule has 0 unspecified atom stereocenters. The van der Waals surface area contributed by atoms with Crippen LogP contribution in [-0.2, 0) is 6.54 Å². The number of hydrogen-bond acceptors (Lipinski definition) is 3. The lowest BCUT2D eigenvalue weighted by Crippen LogP contribution is -1.99. The van der Waals surface area contributed by atoms with Crippen molar-refractivity contribution in [3.63, 3.8) is 0 Å². The first-order chi connectivity index (χ1) is 7.15. The van der Waals surface area contributed by atoms with Gasteiger partial charge in [0.2, 0.25) is 0 Å². The highest BCUT2D eigenvalue weighted by atomic mass is 35.5. The van der Waals surface area contributed by atoms with Gasteiger partial charge in [0.1, 0.15) is 5.03 Å². The molecule has 0 bridgehead atoms. The summed E-state index contributed by atoms with van der Waals surface area (Å²) in [6.07, 6.45) is 2.95. The lowest BCUT2D eigenvalue weighted by atomic mass is 10.2. The molecule has 84 valence electrons. The van der Waals surface area contributed by atoms with Crippen molar-refractivity contribution in [1.29, 1.82) is 0 Å². The van der Waals surface area contributed by atoms with Gasteiger partial charge in [0.05, 0.1) is 5.02 Å². The molecule has 0 fully saturated rings. The van der Waals surface area contributed by atoms with Gasteiger partial charge in [0, 0.05) is 12.7 Å². The first-order valence-corrected chi connectivity index (χ1v) is 6.47. The average molecular weight is 245 g/mol. The summed E-state index contributed by atoms with van der Waals surface area (Å²) in [5.74, 6) is 1.77. The standard InChI is InChI=1S/C11H17ClN2S/c1-8(2)4-6-15-11-10(12)9(7-13)3-5-14-11/h3,5,8H,4,6-7,13H2,1-2H3. The molecule has 0 radical (unpaired) electrons. The SMILES string of the molecule is CC(C)CCSc1nccc(CN)c1Cl. The second-order valence-corrected chi connectivity index (χ2v) is 5.29. The molecule has 1 aromatic rings. The molecule has 15 heavy (non-hydrogen) atoms. The topological polar surface area (TPSA) is 38.9 Å². The molecule has 0 saturated carbocycles. The fraction of sp³-hybridized carbons (Fsp3) is 0.545. The Kier molecular flexibility index (Phi) is 5.43. The van der Waals surface area contributed by atoms with Crippen molar-refractivity contribution in [2.45, 2.75) is 31.8 Å². The molecule has 4 heteroatoms. The number of nitrogens with two attached hydrogens (primary N) is 1. The summed E-state index contributed by atoms with van der Waals surface area (Å²) < 4.78 is 0. The fourth-order valence-electron chi connectivity index (χ4n) is 1.11. The molecule has 0 aliphatic heterocycles. The van der Waals surface area contributed by atoms with Gasteiger partial charge in [0.25, 0.3) is 0 Å². The summed E-state index contributed by atoms with van der Waals surface area (Å²) >= 11 is 7.87. The van der Waals surface area contributed by atoms with Crippen molar-refractivity contribution in [2.24, 2.45) is 11.7 Å². The molecular formula is C11H17ClN2S. The van der Waals surface area contributed by atoms with Crippen molar-refractivity contribution < 1.29 is 0 Å². The third-order valence-electron chi connectivity index (χ3n) is 2.09. The molecule has 1 aromatic heterocycles. The Labute approximate surface area is 101 Å². The van der Waals surface area contributed by atoms with Gasteiger partial charge in [0.15, 0.2) is 0 Å². The number of rotatable bonds is 5. The number of thioether (sulfide) groups is 1. The zero-order chi connectivity index (χ0) is 11.3. The third kappa shape index (κ3) is 4.01. The van der Waals surface area contributed by atoms with Crippen LogP contribution < -0.4 is 5.73 Å². The predicted octanol–water partition coefficient (Wildman–Crippen LogP) is 3.33. The smallest absolute Gasteiger partial charge is 0.115 e. The summed E-state index contributed by atoms with van der Waals surface area (Å²) in [6.45, 7) is 4.90. The van der Waals surface area contributed by atoms with E-state index in [4.69, 9.17) is 17.3 Å². The van der Waals surface area contributed by atoms with Crippen molar-refractivity contribution in [3.05, 3.63) is 22.8 Å². The Balaban J connectivity index is 2.61. The Morgan fingerprint density at radius 2 is 2.27 bits per heavy atom. The maximum Gasteiger partial charge on any atom is 0.115 e. The number of hydrogen-bond donors (Lipinski definition) is 1. The minimum absolute atomic E-state index is 0.471. The second kappa shape index (κ2) is 6.36. The van der Waals surface area contributed by atoms with E-state index in [1.54, 1.807) is 18.0 Å². The van der Waals surface area contributed by atoms with Crippen molar-refractivity contribution in [3.8, 4) is 0 Å². The lowest BCUT2D eigenvalue weighted by molar-refractivity contribution is 0.632. The Morgan fingerprint density at radius 1 is 1.53 bits per heavy atom. The van der Waals surface area contributed by atoms with Crippen LogP contribution in [0, 0.1) is 5.92 Å². The van der Waals surface area contributed by atoms with Gasteiger partial charge in [-0.2, -0.15) is 0 Å². The monoisotopic (exact) mass is 244 g/mol. The second-order valence-electron chi connectivity index (χ2n) is 3.82. The summed E-state index contributed by atoms with van der Waals surface area (Å²) in [7, 11) is 0. The summed E-state index contributed by atoms with van der Waals surface area (Å²) in [4.78, 5) is 4.26. The van der Waals surface area contributed by atoms with Gasteiger partial charge >= 0.3 is 0 Å².